The van der Waals surface area contributed by atoms with Gasteiger partial charge in [0.2, 0.25) is 0 Å². The number of nitrogens with one attached hydrogen (secondary N) is 1. The van der Waals surface area contributed by atoms with Crippen LogP contribution in [0.2, 0.25) is 0 Å². The van der Waals surface area contributed by atoms with Gasteiger partial charge in [-0.15, -0.1) is 0 Å². The molecule has 1 aromatic rings. The molecule has 3 unspecified atom stereocenters. The summed E-state index contributed by atoms with van der Waals surface area (Å²) in [6.45, 7) is 7.14. The summed E-state index contributed by atoms with van der Waals surface area (Å²) in [4.78, 5) is 17.3. The van der Waals surface area contributed by atoms with E-state index in [0.29, 0.717) is 24.7 Å². The molecule has 2 bridgehead atoms. The third kappa shape index (κ3) is 6.24. The highest BCUT2D eigenvalue weighted by molar-refractivity contribution is 5.99. The molecule has 0 amide bonds. The van der Waals surface area contributed by atoms with Crippen molar-refractivity contribution in [1.29, 1.82) is 0 Å². The van der Waals surface area contributed by atoms with Gasteiger partial charge in [0.05, 0.1) is 26.5 Å². The second kappa shape index (κ2) is 11.5. The summed E-state index contributed by atoms with van der Waals surface area (Å²) in [7, 11) is 3.37. The lowest BCUT2D eigenvalue weighted by atomic mass is 9.70. The van der Waals surface area contributed by atoms with Crippen LogP contribution in [0.15, 0.2) is 17.1 Å². The highest BCUT2D eigenvalue weighted by atomic mass is 16.5. The Balaban J connectivity index is 1.24. The van der Waals surface area contributed by atoms with Crippen LogP contribution in [0.3, 0.4) is 0 Å². The number of Topliss-reactive ketones (excluding diaryl/α,β-unsaturated/α-hetero) is 1. The Morgan fingerprint density at radius 1 is 1.14 bits per heavy atom. The molecule has 1 aliphatic heterocycles. The quantitative estimate of drug-likeness (QED) is 0.371. The Labute approximate surface area is 217 Å². The van der Waals surface area contributed by atoms with Crippen molar-refractivity contribution in [3.05, 3.63) is 17.7 Å². The molecule has 6 heteroatoms. The third-order valence-corrected chi connectivity index (χ3v) is 9.05. The zero-order chi connectivity index (χ0) is 25.9. The summed E-state index contributed by atoms with van der Waals surface area (Å²) in [6.07, 6.45) is 10.7. The Morgan fingerprint density at radius 2 is 1.86 bits per heavy atom. The predicted octanol–water partition coefficient (Wildman–Crippen LogP) is 6.36. The number of nitrogens with two attached hydrogens (primary N) is 1. The van der Waals surface area contributed by atoms with Crippen molar-refractivity contribution in [3.63, 3.8) is 0 Å². The van der Waals surface area contributed by atoms with Crippen molar-refractivity contribution in [3.8, 4) is 11.5 Å². The summed E-state index contributed by atoms with van der Waals surface area (Å²) in [5.74, 6) is 6.09. The highest BCUT2D eigenvalue weighted by Gasteiger charge is 2.42. The number of ether oxygens (including phenoxy) is 2. The standard InChI is InChI=1S/C30H47N3O3/c1-30(2,3)26(31)14-12-23(34)7-6-8-24-20-9-10-21(24)16-19(15-20)17-27-32-18-22-11-13-25(35-4)29(36-5)28(22)33-27/h11,13,19-21,24,26H,6-10,12,14-18,31H2,1-5H3,(H,32,33)/t19?,20-,21+,24?,26?. The van der Waals surface area contributed by atoms with E-state index in [2.05, 4.69) is 32.2 Å². The molecule has 2 saturated carbocycles. The van der Waals surface area contributed by atoms with E-state index in [9.17, 15) is 4.79 Å². The number of nitrogens with zero attached hydrogens (tertiary/aromatic N) is 1. The van der Waals surface area contributed by atoms with Crippen LogP contribution < -0.4 is 20.5 Å². The molecular formula is C30H47N3O3. The summed E-state index contributed by atoms with van der Waals surface area (Å²) in [5.41, 5.74) is 8.47. The topological polar surface area (TPSA) is 85.9 Å². The molecule has 1 heterocycles. The summed E-state index contributed by atoms with van der Waals surface area (Å²) < 4.78 is 11.1. The second-order valence-electron chi connectivity index (χ2n) is 12.5. The van der Waals surface area contributed by atoms with E-state index in [1.807, 2.05) is 6.07 Å². The lowest BCUT2D eigenvalue weighted by molar-refractivity contribution is -0.119. The number of anilines is 1. The van der Waals surface area contributed by atoms with Crippen molar-refractivity contribution < 1.29 is 14.3 Å². The van der Waals surface area contributed by atoms with E-state index < -0.39 is 0 Å². The van der Waals surface area contributed by atoms with Crippen LogP contribution >= 0.6 is 0 Å². The van der Waals surface area contributed by atoms with Crippen LogP contribution in [0.5, 0.6) is 11.5 Å². The number of methoxy groups -OCH3 is 2. The van der Waals surface area contributed by atoms with Crippen molar-refractivity contribution in [2.75, 3.05) is 19.5 Å². The number of ketones is 1. The van der Waals surface area contributed by atoms with Gasteiger partial charge in [-0.2, -0.15) is 0 Å². The zero-order valence-corrected chi connectivity index (χ0v) is 23.1. The number of carbonyl (C=O) groups is 1. The van der Waals surface area contributed by atoms with Crippen LogP contribution in [0, 0.1) is 29.1 Å². The van der Waals surface area contributed by atoms with Crippen molar-refractivity contribution in [2.24, 2.45) is 39.8 Å². The Hall–Kier alpha value is -2.08. The van der Waals surface area contributed by atoms with Gasteiger partial charge in [0.25, 0.3) is 0 Å². The molecule has 3 N–H and O–H groups in total. The Bertz CT molecular complexity index is 937. The number of benzene rings is 1. The van der Waals surface area contributed by atoms with Crippen molar-refractivity contribution in [1.82, 2.24) is 0 Å². The number of carbonyl (C=O) groups excluding carboxylic acids is 1. The van der Waals surface area contributed by atoms with Crippen LogP contribution in [0.25, 0.3) is 0 Å². The van der Waals surface area contributed by atoms with Crippen LogP contribution in [-0.4, -0.2) is 31.9 Å². The lowest BCUT2D eigenvalue weighted by Crippen LogP contribution is -2.35. The maximum Gasteiger partial charge on any atom is 0.184 e. The van der Waals surface area contributed by atoms with E-state index in [0.717, 1.165) is 72.0 Å². The average molecular weight is 498 g/mol. The van der Waals surface area contributed by atoms with E-state index in [4.69, 9.17) is 20.2 Å². The molecular weight excluding hydrogens is 450 g/mol. The number of amidine groups is 1. The molecule has 200 valence electrons. The molecule has 0 saturated heterocycles. The van der Waals surface area contributed by atoms with Gasteiger partial charge < -0.3 is 20.5 Å². The van der Waals surface area contributed by atoms with Crippen molar-refractivity contribution in [2.45, 2.75) is 97.6 Å². The molecule has 2 fully saturated rings. The average Bonchev–Trinajstić information content (AvgIpc) is 3.08. The lowest BCUT2D eigenvalue weighted by Gasteiger charge is -2.36. The molecule has 6 nitrogen and oxygen atoms in total. The van der Waals surface area contributed by atoms with Crippen molar-refractivity contribution >= 4 is 17.3 Å². The second-order valence-corrected chi connectivity index (χ2v) is 12.5. The summed E-state index contributed by atoms with van der Waals surface area (Å²) in [5, 5.41) is 3.57. The molecule has 3 aliphatic rings. The third-order valence-electron chi connectivity index (χ3n) is 9.05. The monoisotopic (exact) mass is 497 g/mol. The fourth-order valence-corrected chi connectivity index (χ4v) is 6.82. The van der Waals surface area contributed by atoms with E-state index in [1.54, 1.807) is 14.2 Å². The number of aliphatic imine (C=N–C) groups is 1. The van der Waals surface area contributed by atoms with Crippen LogP contribution in [0.1, 0.15) is 90.5 Å². The molecule has 0 radical (unpaired) electrons. The van der Waals surface area contributed by atoms with Gasteiger partial charge in [-0.25, -0.2) is 0 Å². The maximum absolute atomic E-state index is 12.4. The SMILES string of the molecule is COc1ccc2c(c1OC)NC(CC1C[C@H]3CC[C@@H](C1)C3CCCC(=O)CCC(N)C(C)(C)C)=NC2. The molecule has 5 atom stereocenters. The summed E-state index contributed by atoms with van der Waals surface area (Å²) in [6, 6.07) is 4.11. The maximum atomic E-state index is 12.4. The number of rotatable bonds is 11. The molecule has 2 aliphatic carbocycles. The fourth-order valence-electron chi connectivity index (χ4n) is 6.82. The van der Waals surface area contributed by atoms with Gasteiger partial charge in [-0.05, 0) is 80.1 Å². The minimum absolute atomic E-state index is 0.0686. The first-order valence-electron chi connectivity index (χ1n) is 14.0. The molecule has 1 aromatic carbocycles. The molecule has 4 rings (SSSR count). The highest BCUT2D eigenvalue weighted by Crippen LogP contribution is 2.52. The van der Waals surface area contributed by atoms with E-state index in [-0.39, 0.29) is 11.5 Å². The van der Waals surface area contributed by atoms with E-state index in [1.165, 1.54) is 32.1 Å². The first kappa shape index (κ1) is 27.0. The molecule has 36 heavy (non-hydrogen) atoms. The minimum Gasteiger partial charge on any atom is -0.493 e. The number of fused-ring (bicyclic) bond motifs is 3. The zero-order valence-electron chi connectivity index (χ0n) is 23.1. The summed E-state index contributed by atoms with van der Waals surface area (Å²) >= 11 is 0. The normalized spacial score (nSPS) is 26.0. The number of hydrogen-bond acceptors (Lipinski definition) is 6. The number of hydrogen-bond donors (Lipinski definition) is 2. The Kier molecular flexibility index (Phi) is 8.64. The predicted molar refractivity (Wildman–Crippen MR) is 147 cm³/mol. The van der Waals surface area contributed by atoms with Gasteiger partial charge >= 0.3 is 0 Å². The van der Waals surface area contributed by atoms with E-state index >= 15 is 0 Å². The first-order valence-corrected chi connectivity index (χ1v) is 14.0. The van der Waals surface area contributed by atoms with Gasteiger partial charge in [-0.1, -0.05) is 26.8 Å². The smallest absolute Gasteiger partial charge is 0.184 e. The van der Waals surface area contributed by atoms with Gasteiger partial charge in [0.1, 0.15) is 11.6 Å². The van der Waals surface area contributed by atoms with Gasteiger partial charge in [0.15, 0.2) is 11.5 Å². The fraction of sp³-hybridized carbons (Fsp3) is 0.733. The minimum atomic E-state index is 0.0686. The van der Waals surface area contributed by atoms with Crippen LogP contribution in [-0.2, 0) is 11.3 Å². The van der Waals surface area contributed by atoms with Gasteiger partial charge in [0, 0.05) is 30.9 Å². The largest absolute Gasteiger partial charge is 0.493 e. The molecule has 0 aromatic heterocycles. The molecule has 0 spiro atoms. The Morgan fingerprint density at radius 3 is 2.50 bits per heavy atom. The first-order chi connectivity index (χ1) is 17.2. The van der Waals surface area contributed by atoms with Gasteiger partial charge in [-0.3, -0.25) is 9.79 Å². The van der Waals surface area contributed by atoms with Crippen LogP contribution in [0.4, 0.5) is 5.69 Å².